The minimum Gasteiger partial charge on any atom is -0.489 e. The van der Waals surface area contributed by atoms with Crippen LogP contribution >= 0.6 is 11.3 Å². The predicted octanol–water partition coefficient (Wildman–Crippen LogP) is 4.05. The molecule has 2 aromatic heterocycles. The van der Waals surface area contributed by atoms with Gasteiger partial charge in [-0.2, -0.15) is 5.10 Å². The molecule has 10 heteroatoms. The molecule has 0 bridgehead atoms. The van der Waals surface area contributed by atoms with Crippen molar-refractivity contribution >= 4 is 23.1 Å². The van der Waals surface area contributed by atoms with E-state index in [4.69, 9.17) is 15.2 Å². The lowest BCUT2D eigenvalue weighted by Crippen LogP contribution is -2.39. The van der Waals surface area contributed by atoms with E-state index in [9.17, 15) is 4.79 Å². The first-order valence-electron chi connectivity index (χ1n) is 10.5. The Kier molecular flexibility index (Phi) is 5.81. The largest absolute Gasteiger partial charge is 0.489 e. The first-order chi connectivity index (χ1) is 15.1. The summed E-state index contributed by atoms with van der Waals surface area (Å²) in [6.07, 6.45) is 2.32. The Morgan fingerprint density at radius 3 is 2.72 bits per heavy atom. The molecule has 3 aromatic rings. The molecule has 0 saturated carbocycles. The van der Waals surface area contributed by atoms with Crippen molar-refractivity contribution < 1.29 is 14.3 Å². The number of benzene rings is 1. The molecule has 0 atom stereocenters. The second kappa shape index (κ2) is 8.42. The van der Waals surface area contributed by atoms with Crippen LogP contribution in [0.3, 0.4) is 0 Å². The van der Waals surface area contributed by atoms with Gasteiger partial charge in [0.2, 0.25) is 5.13 Å². The third kappa shape index (κ3) is 4.85. The Morgan fingerprint density at radius 1 is 1.25 bits per heavy atom. The Labute approximate surface area is 191 Å². The van der Waals surface area contributed by atoms with Crippen LogP contribution in [-0.4, -0.2) is 49.2 Å². The number of ether oxygens (including phenoxy) is 2. The molecule has 0 radical (unpaired) electrons. The highest BCUT2D eigenvalue weighted by molar-refractivity contribution is 7.17. The Bertz CT molecular complexity index is 1130. The zero-order valence-corrected chi connectivity index (χ0v) is 19.8. The van der Waals surface area contributed by atoms with Gasteiger partial charge in [-0.1, -0.05) is 11.3 Å². The number of carbonyl (C=O) groups is 1. The molecule has 9 nitrogen and oxygen atoms in total. The Hall–Kier alpha value is -3.14. The lowest BCUT2D eigenvalue weighted by atomic mass is 10.1. The van der Waals surface area contributed by atoms with Gasteiger partial charge in [-0.05, 0) is 52.8 Å². The number of nitrogens with two attached hydrogens (primary N) is 1. The molecule has 0 aliphatic carbocycles. The van der Waals surface area contributed by atoms with E-state index in [2.05, 4.69) is 15.3 Å². The van der Waals surface area contributed by atoms with Gasteiger partial charge in [0.05, 0.1) is 24.0 Å². The van der Waals surface area contributed by atoms with Gasteiger partial charge in [-0.25, -0.2) is 9.48 Å². The zero-order chi connectivity index (χ0) is 23.0. The summed E-state index contributed by atoms with van der Waals surface area (Å²) in [4.78, 5) is 14.1. The maximum absolute atomic E-state index is 12.4. The summed E-state index contributed by atoms with van der Waals surface area (Å²) in [5.74, 6) is 0.655. The van der Waals surface area contributed by atoms with E-state index in [1.54, 1.807) is 9.58 Å². The SMILES string of the molecule is CC(C)Oc1ccc(-c2nnc(-n3cc4c(n3)CCN(C(=O)OC(C)(C)C)C4)s2)cc1N. The lowest BCUT2D eigenvalue weighted by molar-refractivity contribution is 0.0223. The molecular weight excluding hydrogens is 428 g/mol. The molecule has 2 N–H and O–H groups in total. The second-order valence-electron chi connectivity index (χ2n) is 9.01. The molecule has 0 spiro atoms. The first-order valence-corrected chi connectivity index (χ1v) is 11.4. The molecular formula is C22H28N6O3S. The summed E-state index contributed by atoms with van der Waals surface area (Å²) in [6.45, 7) is 10.5. The zero-order valence-electron chi connectivity index (χ0n) is 19.0. The van der Waals surface area contributed by atoms with Crippen molar-refractivity contribution in [1.29, 1.82) is 0 Å². The lowest BCUT2D eigenvalue weighted by Gasteiger charge is -2.29. The normalized spacial score (nSPS) is 13.9. The van der Waals surface area contributed by atoms with Gasteiger partial charge in [0, 0.05) is 30.3 Å². The molecule has 0 saturated heterocycles. The van der Waals surface area contributed by atoms with Crippen molar-refractivity contribution in [3.8, 4) is 21.5 Å². The van der Waals surface area contributed by atoms with Gasteiger partial charge < -0.3 is 20.1 Å². The Morgan fingerprint density at radius 2 is 2.03 bits per heavy atom. The molecule has 1 amide bonds. The van der Waals surface area contributed by atoms with Crippen LogP contribution in [0.4, 0.5) is 10.5 Å². The van der Waals surface area contributed by atoms with Crippen molar-refractivity contribution in [2.45, 2.75) is 59.3 Å². The third-order valence-electron chi connectivity index (χ3n) is 4.74. The molecule has 3 heterocycles. The van der Waals surface area contributed by atoms with E-state index < -0.39 is 5.60 Å². The molecule has 1 aromatic carbocycles. The number of nitrogens with zero attached hydrogens (tertiary/aromatic N) is 5. The first kappa shape index (κ1) is 22.1. The van der Waals surface area contributed by atoms with Crippen molar-refractivity contribution in [1.82, 2.24) is 24.9 Å². The standard InChI is InChI=1S/C22H28N6O3S/c1-13(2)30-18-7-6-14(10-16(18)23)19-24-25-20(32-19)28-12-15-11-27(9-8-17(15)26-28)21(29)31-22(3,4)5/h6-7,10,12-13H,8-9,11,23H2,1-5H3. The number of amides is 1. The van der Waals surface area contributed by atoms with E-state index in [0.717, 1.165) is 21.8 Å². The van der Waals surface area contributed by atoms with Crippen molar-refractivity contribution in [3.63, 3.8) is 0 Å². The number of nitrogen functional groups attached to an aromatic ring is 1. The highest BCUT2D eigenvalue weighted by Gasteiger charge is 2.27. The summed E-state index contributed by atoms with van der Waals surface area (Å²) in [5.41, 5.74) is 8.99. The third-order valence-corrected chi connectivity index (χ3v) is 5.70. The molecule has 0 fully saturated rings. The fourth-order valence-electron chi connectivity index (χ4n) is 3.36. The van der Waals surface area contributed by atoms with Gasteiger partial charge >= 0.3 is 6.09 Å². The van der Waals surface area contributed by atoms with E-state index in [1.807, 2.05) is 59.0 Å². The number of anilines is 1. The van der Waals surface area contributed by atoms with Crippen LogP contribution < -0.4 is 10.5 Å². The Balaban J connectivity index is 1.50. The highest BCUT2D eigenvalue weighted by Crippen LogP contribution is 2.32. The van der Waals surface area contributed by atoms with E-state index >= 15 is 0 Å². The molecule has 1 aliphatic rings. The molecule has 0 unspecified atom stereocenters. The molecule has 170 valence electrons. The van der Waals surface area contributed by atoms with Gasteiger partial charge in [0.1, 0.15) is 16.4 Å². The van der Waals surface area contributed by atoms with Gasteiger partial charge in [0.15, 0.2) is 0 Å². The number of hydrogen-bond acceptors (Lipinski definition) is 8. The number of rotatable bonds is 4. The van der Waals surface area contributed by atoms with E-state index in [0.29, 0.717) is 36.1 Å². The maximum atomic E-state index is 12.4. The topological polar surface area (TPSA) is 108 Å². The molecule has 1 aliphatic heterocycles. The van der Waals surface area contributed by atoms with Crippen molar-refractivity contribution in [3.05, 3.63) is 35.7 Å². The summed E-state index contributed by atoms with van der Waals surface area (Å²) in [7, 11) is 0. The number of carbonyl (C=O) groups excluding carboxylic acids is 1. The minimum absolute atomic E-state index is 0.0494. The summed E-state index contributed by atoms with van der Waals surface area (Å²) in [6, 6.07) is 5.61. The predicted molar refractivity (Wildman–Crippen MR) is 123 cm³/mol. The van der Waals surface area contributed by atoms with Crippen LogP contribution in [0.5, 0.6) is 5.75 Å². The number of hydrogen-bond donors (Lipinski definition) is 1. The summed E-state index contributed by atoms with van der Waals surface area (Å²) >= 11 is 1.42. The smallest absolute Gasteiger partial charge is 0.410 e. The van der Waals surface area contributed by atoms with Crippen LogP contribution in [0, 0.1) is 0 Å². The highest BCUT2D eigenvalue weighted by atomic mass is 32.1. The van der Waals surface area contributed by atoms with Crippen LogP contribution in [0.1, 0.15) is 45.9 Å². The number of aromatic nitrogens is 4. The fourth-order valence-corrected chi connectivity index (χ4v) is 4.13. The van der Waals surface area contributed by atoms with Crippen LogP contribution in [0.15, 0.2) is 24.4 Å². The monoisotopic (exact) mass is 456 g/mol. The van der Waals surface area contributed by atoms with E-state index in [-0.39, 0.29) is 12.2 Å². The minimum atomic E-state index is -0.521. The van der Waals surface area contributed by atoms with Crippen LogP contribution in [0.25, 0.3) is 15.7 Å². The van der Waals surface area contributed by atoms with Crippen LogP contribution in [0.2, 0.25) is 0 Å². The fraction of sp³-hybridized carbons (Fsp3) is 0.455. The van der Waals surface area contributed by atoms with E-state index in [1.165, 1.54) is 11.3 Å². The molecule has 4 rings (SSSR count). The van der Waals surface area contributed by atoms with Crippen molar-refractivity contribution in [2.75, 3.05) is 12.3 Å². The van der Waals surface area contributed by atoms with Crippen molar-refractivity contribution in [2.24, 2.45) is 0 Å². The van der Waals surface area contributed by atoms with Gasteiger partial charge in [0.25, 0.3) is 0 Å². The summed E-state index contributed by atoms with van der Waals surface area (Å²) in [5, 5.41) is 14.7. The number of fused-ring (bicyclic) bond motifs is 1. The average Bonchev–Trinajstić information content (AvgIpc) is 3.34. The maximum Gasteiger partial charge on any atom is 0.410 e. The van der Waals surface area contributed by atoms with Gasteiger partial charge in [-0.3, -0.25) is 0 Å². The summed E-state index contributed by atoms with van der Waals surface area (Å²) < 4.78 is 12.9. The average molecular weight is 457 g/mol. The quantitative estimate of drug-likeness (QED) is 0.590. The second-order valence-corrected chi connectivity index (χ2v) is 9.96. The van der Waals surface area contributed by atoms with Crippen LogP contribution in [-0.2, 0) is 17.7 Å². The van der Waals surface area contributed by atoms with Gasteiger partial charge in [-0.15, -0.1) is 10.2 Å². The molecule has 32 heavy (non-hydrogen) atoms.